The van der Waals surface area contributed by atoms with Crippen LogP contribution in [0.1, 0.15) is 5.56 Å². The number of hydrogen-bond donors (Lipinski definition) is 3. The van der Waals surface area contributed by atoms with Gasteiger partial charge < -0.3 is 15.7 Å². The maximum atomic E-state index is 12.0. The first-order valence-corrected chi connectivity index (χ1v) is 7.86. The van der Waals surface area contributed by atoms with E-state index < -0.39 is 0 Å². The molecule has 2 aromatic carbocycles. The molecule has 3 N–H and O–H groups in total. The van der Waals surface area contributed by atoms with Crippen LogP contribution in [0.3, 0.4) is 0 Å². The fourth-order valence-corrected chi connectivity index (χ4v) is 2.35. The summed E-state index contributed by atoms with van der Waals surface area (Å²) in [5.41, 5.74) is 2.36. The third-order valence-corrected chi connectivity index (χ3v) is 3.74. The molecular formula is C16H18N2O2S. The number of nitrogens with one attached hydrogen (secondary N) is 2. The highest BCUT2D eigenvalue weighted by Crippen LogP contribution is 2.19. The van der Waals surface area contributed by atoms with Crippen LogP contribution in [0, 0.1) is 0 Å². The summed E-state index contributed by atoms with van der Waals surface area (Å²) in [5.74, 6) is 0. The van der Waals surface area contributed by atoms with Gasteiger partial charge in [0, 0.05) is 22.9 Å². The number of carbonyl (C=O) groups excluding carboxylic acids is 1. The van der Waals surface area contributed by atoms with E-state index in [-0.39, 0.29) is 12.6 Å². The molecule has 0 heterocycles. The molecule has 21 heavy (non-hydrogen) atoms. The lowest BCUT2D eigenvalue weighted by Gasteiger charge is -2.11. The summed E-state index contributed by atoms with van der Waals surface area (Å²) in [6.07, 6.45) is 2.52. The summed E-state index contributed by atoms with van der Waals surface area (Å²) < 4.78 is 0. The summed E-state index contributed by atoms with van der Waals surface area (Å²) >= 11 is 1.65. The van der Waals surface area contributed by atoms with Crippen molar-refractivity contribution in [2.24, 2.45) is 0 Å². The minimum atomic E-state index is -0.294. The van der Waals surface area contributed by atoms with E-state index in [0.29, 0.717) is 12.1 Å². The van der Waals surface area contributed by atoms with Crippen LogP contribution in [0.5, 0.6) is 0 Å². The first-order valence-electron chi connectivity index (χ1n) is 6.63. The van der Waals surface area contributed by atoms with E-state index in [4.69, 9.17) is 5.11 Å². The zero-order valence-electron chi connectivity index (χ0n) is 11.8. The van der Waals surface area contributed by atoms with Gasteiger partial charge in [-0.15, -0.1) is 11.8 Å². The Kier molecular flexibility index (Phi) is 5.66. The van der Waals surface area contributed by atoms with Crippen LogP contribution in [-0.2, 0) is 6.42 Å². The number of aliphatic hydroxyl groups is 1. The molecule has 0 bridgehead atoms. The summed E-state index contributed by atoms with van der Waals surface area (Å²) in [7, 11) is 0. The van der Waals surface area contributed by atoms with E-state index in [1.807, 2.05) is 54.8 Å². The zero-order valence-corrected chi connectivity index (χ0v) is 12.6. The number of para-hydroxylation sites is 1. The van der Waals surface area contributed by atoms with Crippen molar-refractivity contribution in [1.82, 2.24) is 0 Å². The predicted octanol–water partition coefficient (Wildman–Crippen LogP) is 3.59. The van der Waals surface area contributed by atoms with Gasteiger partial charge in [0.05, 0.1) is 0 Å². The van der Waals surface area contributed by atoms with Gasteiger partial charge in [-0.1, -0.05) is 18.2 Å². The number of hydrogen-bond acceptors (Lipinski definition) is 3. The van der Waals surface area contributed by atoms with E-state index in [9.17, 15) is 4.79 Å². The van der Waals surface area contributed by atoms with Gasteiger partial charge in [0.25, 0.3) is 0 Å². The summed E-state index contributed by atoms with van der Waals surface area (Å²) in [5, 5.41) is 14.6. The van der Waals surface area contributed by atoms with Crippen LogP contribution in [0.15, 0.2) is 53.4 Å². The van der Waals surface area contributed by atoms with E-state index in [1.54, 1.807) is 11.8 Å². The van der Waals surface area contributed by atoms with Crippen molar-refractivity contribution in [3.63, 3.8) is 0 Å². The summed E-state index contributed by atoms with van der Waals surface area (Å²) in [4.78, 5) is 13.2. The molecule has 0 fully saturated rings. The second kappa shape index (κ2) is 7.71. The molecule has 2 rings (SSSR count). The van der Waals surface area contributed by atoms with Crippen LogP contribution in [0.4, 0.5) is 16.2 Å². The van der Waals surface area contributed by atoms with Gasteiger partial charge in [-0.3, -0.25) is 0 Å². The van der Waals surface area contributed by atoms with Gasteiger partial charge in [-0.2, -0.15) is 0 Å². The van der Waals surface area contributed by atoms with Crippen LogP contribution in [-0.4, -0.2) is 24.0 Å². The molecule has 2 aromatic rings. The average Bonchev–Trinajstić information content (AvgIpc) is 2.50. The normalized spacial score (nSPS) is 10.2. The Labute approximate surface area is 128 Å². The molecule has 110 valence electrons. The van der Waals surface area contributed by atoms with Gasteiger partial charge in [-0.25, -0.2) is 4.79 Å². The first-order chi connectivity index (χ1) is 10.2. The molecular weight excluding hydrogens is 284 g/mol. The van der Waals surface area contributed by atoms with Crippen LogP contribution < -0.4 is 10.6 Å². The van der Waals surface area contributed by atoms with Crippen molar-refractivity contribution in [3.05, 3.63) is 54.1 Å². The standard InChI is InChI=1S/C16H18N2O2S/c1-21-14-8-6-13(7-9-14)17-16(20)18-15-5-3-2-4-12(15)10-11-19/h2-9,19H,10-11H2,1H3,(H2,17,18,20). The smallest absolute Gasteiger partial charge is 0.323 e. The number of amides is 2. The summed E-state index contributed by atoms with van der Waals surface area (Å²) in [6.45, 7) is 0.0520. The van der Waals surface area contributed by atoms with E-state index >= 15 is 0 Å². The molecule has 2 amide bonds. The fourth-order valence-electron chi connectivity index (χ4n) is 1.94. The van der Waals surface area contributed by atoms with Crippen LogP contribution >= 0.6 is 11.8 Å². The number of benzene rings is 2. The molecule has 5 heteroatoms. The van der Waals surface area contributed by atoms with E-state index in [2.05, 4.69) is 10.6 Å². The molecule has 0 aliphatic rings. The minimum absolute atomic E-state index is 0.0520. The Balaban J connectivity index is 2.01. The van der Waals surface area contributed by atoms with Crippen LogP contribution in [0.2, 0.25) is 0 Å². The fraction of sp³-hybridized carbons (Fsp3) is 0.188. The first kappa shape index (κ1) is 15.4. The van der Waals surface area contributed by atoms with Gasteiger partial charge in [-0.05, 0) is 48.6 Å². The molecule has 0 atom stereocenters. The monoisotopic (exact) mass is 302 g/mol. The van der Waals surface area contributed by atoms with Crippen molar-refractivity contribution in [2.45, 2.75) is 11.3 Å². The molecule has 0 saturated heterocycles. The maximum Gasteiger partial charge on any atom is 0.323 e. The highest BCUT2D eigenvalue weighted by atomic mass is 32.2. The second-order valence-corrected chi connectivity index (χ2v) is 5.32. The molecule has 0 aromatic heterocycles. The van der Waals surface area contributed by atoms with Gasteiger partial charge >= 0.3 is 6.03 Å². The van der Waals surface area contributed by atoms with Gasteiger partial charge in [0.15, 0.2) is 0 Å². The Bertz CT molecular complexity index is 599. The van der Waals surface area contributed by atoms with Crippen LogP contribution in [0.25, 0.3) is 0 Å². The number of urea groups is 1. The number of rotatable bonds is 5. The second-order valence-electron chi connectivity index (χ2n) is 4.44. The van der Waals surface area contributed by atoms with Crippen molar-refractivity contribution < 1.29 is 9.90 Å². The van der Waals surface area contributed by atoms with E-state index in [0.717, 1.165) is 16.1 Å². The SMILES string of the molecule is CSc1ccc(NC(=O)Nc2ccccc2CCO)cc1. The largest absolute Gasteiger partial charge is 0.396 e. The zero-order chi connectivity index (χ0) is 15.1. The molecule has 0 spiro atoms. The lowest BCUT2D eigenvalue weighted by atomic mass is 10.1. The van der Waals surface area contributed by atoms with Crippen molar-refractivity contribution >= 4 is 29.2 Å². The molecule has 0 saturated carbocycles. The van der Waals surface area contributed by atoms with E-state index in [1.165, 1.54) is 0 Å². The van der Waals surface area contributed by atoms with Crippen molar-refractivity contribution in [1.29, 1.82) is 0 Å². The van der Waals surface area contributed by atoms with Crippen molar-refractivity contribution in [2.75, 3.05) is 23.5 Å². The molecule has 0 aliphatic heterocycles. The average molecular weight is 302 g/mol. The molecule has 0 aliphatic carbocycles. The predicted molar refractivity (Wildman–Crippen MR) is 88.1 cm³/mol. The van der Waals surface area contributed by atoms with Gasteiger partial charge in [0.2, 0.25) is 0 Å². The lowest BCUT2D eigenvalue weighted by molar-refractivity contribution is 0.262. The highest BCUT2D eigenvalue weighted by molar-refractivity contribution is 7.98. The van der Waals surface area contributed by atoms with Gasteiger partial charge in [0.1, 0.15) is 0 Å². The number of aliphatic hydroxyl groups excluding tert-OH is 1. The lowest BCUT2D eigenvalue weighted by Crippen LogP contribution is -2.20. The molecule has 0 unspecified atom stereocenters. The Morgan fingerprint density at radius 2 is 1.81 bits per heavy atom. The summed E-state index contributed by atoms with van der Waals surface area (Å²) in [6, 6.07) is 14.8. The topological polar surface area (TPSA) is 61.4 Å². The minimum Gasteiger partial charge on any atom is -0.396 e. The molecule has 4 nitrogen and oxygen atoms in total. The number of carbonyl (C=O) groups is 1. The Morgan fingerprint density at radius 1 is 1.10 bits per heavy atom. The Hall–Kier alpha value is -1.98. The maximum absolute atomic E-state index is 12.0. The third-order valence-electron chi connectivity index (χ3n) is 2.99. The quantitative estimate of drug-likeness (QED) is 0.740. The number of thioether (sulfide) groups is 1. The Morgan fingerprint density at radius 3 is 2.48 bits per heavy atom. The number of anilines is 2. The third kappa shape index (κ3) is 4.51. The van der Waals surface area contributed by atoms with Crippen molar-refractivity contribution in [3.8, 4) is 0 Å². The highest BCUT2D eigenvalue weighted by Gasteiger charge is 2.06. The molecule has 0 radical (unpaired) electrons.